The number of carbonyl (C=O) groups is 1. The molecule has 4 fully saturated rings. The van der Waals surface area contributed by atoms with Crippen LogP contribution in [0.4, 0.5) is 4.79 Å². The molecule has 2 saturated heterocycles. The number of nitrogens with one attached hydrogen (secondary N) is 1. The Hall–Kier alpha value is -0.251. The second kappa shape index (κ2) is 5.14. The SMILES string of the molecule is CC1(C)CCC(C[Se][C@H]2[C@H]3CC[C@](C)(C3(C)C)C23CNC(=O)O3)O1. The van der Waals surface area contributed by atoms with Gasteiger partial charge in [-0.1, -0.05) is 0 Å². The molecule has 1 N–H and O–H groups in total. The van der Waals surface area contributed by atoms with Crippen molar-refractivity contribution in [3.8, 4) is 0 Å². The summed E-state index contributed by atoms with van der Waals surface area (Å²) in [6, 6.07) is 0. The van der Waals surface area contributed by atoms with Crippen molar-refractivity contribution in [2.24, 2.45) is 16.7 Å². The molecule has 2 bridgehead atoms. The van der Waals surface area contributed by atoms with E-state index in [1.54, 1.807) is 0 Å². The number of amides is 1. The average molecular weight is 400 g/mol. The summed E-state index contributed by atoms with van der Waals surface area (Å²) in [7, 11) is 0. The van der Waals surface area contributed by atoms with Gasteiger partial charge in [0.15, 0.2) is 0 Å². The summed E-state index contributed by atoms with van der Waals surface area (Å²) >= 11 is 0.442. The third-order valence-electron chi connectivity index (χ3n) is 7.85. The van der Waals surface area contributed by atoms with Crippen molar-refractivity contribution in [1.29, 1.82) is 0 Å². The molecule has 0 aromatic carbocycles. The fraction of sp³-hybridized carbons (Fsp3) is 0.947. The number of hydrogen-bond acceptors (Lipinski definition) is 3. The van der Waals surface area contributed by atoms with Gasteiger partial charge in [0.25, 0.3) is 0 Å². The predicted octanol–water partition coefficient (Wildman–Crippen LogP) is 3.79. The number of carbonyl (C=O) groups excluding carboxylic acids is 1. The van der Waals surface area contributed by atoms with E-state index in [0.717, 1.165) is 11.7 Å². The van der Waals surface area contributed by atoms with E-state index in [4.69, 9.17) is 9.47 Å². The molecule has 0 aromatic heterocycles. The van der Waals surface area contributed by atoms with Crippen molar-refractivity contribution >= 4 is 21.1 Å². The van der Waals surface area contributed by atoms with Crippen molar-refractivity contribution in [1.82, 2.24) is 5.32 Å². The molecule has 4 aliphatic rings. The first-order valence-corrected chi connectivity index (χ1v) is 11.6. The van der Waals surface area contributed by atoms with E-state index in [9.17, 15) is 4.79 Å². The van der Waals surface area contributed by atoms with Crippen LogP contribution in [0.3, 0.4) is 0 Å². The molecule has 2 heterocycles. The predicted molar refractivity (Wildman–Crippen MR) is 94.3 cm³/mol. The van der Waals surface area contributed by atoms with Gasteiger partial charge in [0.2, 0.25) is 0 Å². The number of alkyl carbamates (subject to hydrolysis) is 1. The first-order chi connectivity index (χ1) is 11.1. The van der Waals surface area contributed by atoms with E-state index < -0.39 is 0 Å². The van der Waals surface area contributed by atoms with Crippen molar-refractivity contribution in [3.05, 3.63) is 0 Å². The summed E-state index contributed by atoms with van der Waals surface area (Å²) < 4.78 is 12.3. The molecule has 4 nitrogen and oxygen atoms in total. The zero-order valence-electron chi connectivity index (χ0n) is 15.6. The minimum absolute atomic E-state index is 0.0414. The average Bonchev–Trinajstić information content (AvgIpc) is 3.13. The molecular formula is C19H31NO3Se. The number of rotatable bonds is 3. The molecule has 2 aliphatic heterocycles. The molecule has 4 rings (SSSR count). The van der Waals surface area contributed by atoms with Gasteiger partial charge in [0.05, 0.1) is 0 Å². The second-order valence-electron chi connectivity index (χ2n) is 9.62. The van der Waals surface area contributed by atoms with Crippen molar-refractivity contribution < 1.29 is 14.3 Å². The number of hydrogen-bond donors (Lipinski definition) is 1. The van der Waals surface area contributed by atoms with E-state index >= 15 is 0 Å². The van der Waals surface area contributed by atoms with Gasteiger partial charge in [-0.15, -0.1) is 0 Å². The fourth-order valence-electron chi connectivity index (χ4n) is 6.03. The molecule has 0 radical (unpaired) electrons. The van der Waals surface area contributed by atoms with E-state index in [-0.39, 0.29) is 28.1 Å². The molecule has 0 aromatic rings. The standard InChI is InChI=1S/C19H31NO3Se/c1-16(2)8-6-12(22-16)10-24-14-13-7-9-18(5,17(13,3)4)19(14)11-20-15(21)23-19/h12-14H,6-11H2,1-5H3,(H,20,21)/t12?,13-,14+,18-,19?/m1/s1. The van der Waals surface area contributed by atoms with Gasteiger partial charge in [-0.25, -0.2) is 0 Å². The minimum atomic E-state index is -0.287. The monoisotopic (exact) mass is 401 g/mol. The molecule has 136 valence electrons. The molecule has 5 heteroatoms. The Kier molecular flexibility index (Phi) is 3.68. The summed E-state index contributed by atoms with van der Waals surface area (Å²) in [4.78, 5) is 12.5. The van der Waals surface area contributed by atoms with Gasteiger partial charge in [0.1, 0.15) is 0 Å². The fourth-order valence-corrected chi connectivity index (χ4v) is 10.3. The van der Waals surface area contributed by atoms with E-state index in [2.05, 4.69) is 39.9 Å². The van der Waals surface area contributed by atoms with Gasteiger partial charge >= 0.3 is 152 Å². The van der Waals surface area contributed by atoms with E-state index in [0.29, 0.717) is 38.3 Å². The van der Waals surface area contributed by atoms with Gasteiger partial charge < -0.3 is 0 Å². The number of fused-ring (bicyclic) bond motifs is 3. The van der Waals surface area contributed by atoms with Crippen LogP contribution in [0.2, 0.25) is 10.1 Å². The van der Waals surface area contributed by atoms with Crippen LogP contribution in [-0.2, 0) is 9.47 Å². The molecule has 1 spiro atoms. The van der Waals surface area contributed by atoms with Crippen LogP contribution in [0.1, 0.15) is 60.3 Å². The Morgan fingerprint density at radius 1 is 1.17 bits per heavy atom. The number of ether oxygens (including phenoxy) is 2. The summed E-state index contributed by atoms with van der Waals surface area (Å²) in [5, 5.41) is 4.14. The third kappa shape index (κ3) is 2.10. The Bertz CT molecular complexity index is 563. The van der Waals surface area contributed by atoms with Crippen LogP contribution in [0.15, 0.2) is 0 Å². The van der Waals surface area contributed by atoms with E-state index in [1.807, 2.05) is 0 Å². The summed E-state index contributed by atoms with van der Waals surface area (Å²) in [6.45, 7) is 12.3. The molecule has 1 amide bonds. The van der Waals surface area contributed by atoms with Gasteiger partial charge in [-0.2, -0.15) is 0 Å². The quantitative estimate of drug-likeness (QED) is 0.734. The van der Waals surface area contributed by atoms with Gasteiger partial charge in [-0.3, -0.25) is 0 Å². The first-order valence-electron chi connectivity index (χ1n) is 9.38. The molecule has 24 heavy (non-hydrogen) atoms. The van der Waals surface area contributed by atoms with Crippen LogP contribution < -0.4 is 5.32 Å². The van der Waals surface area contributed by atoms with E-state index in [1.165, 1.54) is 19.3 Å². The Morgan fingerprint density at radius 3 is 2.50 bits per heavy atom. The van der Waals surface area contributed by atoms with Gasteiger partial charge in [-0.05, 0) is 0 Å². The Morgan fingerprint density at radius 2 is 1.92 bits per heavy atom. The summed E-state index contributed by atoms with van der Waals surface area (Å²) in [6.07, 6.45) is 4.99. The van der Waals surface area contributed by atoms with Crippen LogP contribution in [-0.4, -0.2) is 44.9 Å². The van der Waals surface area contributed by atoms with Crippen LogP contribution in [0.25, 0.3) is 0 Å². The van der Waals surface area contributed by atoms with Gasteiger partial charge in [0, 0.05) is 0 Å². The second-order valence-corrected chi connectivity index (χ2v) is 12.1. The van der Waals surface area contributed by atoms with Crippen LogP contribution >= 0.6 is 0 Å². The topological polar surface area (TPSA) is 47.6 Å². The van der Waals surface area contributed by atoms with Crippen molar-refractivity contribution in [2.75, 3.05) is 6.54 Å². The Labute approximate surface area is 152 Å². The summed E-state index contributed by atoms with van der Waals surface area (Å²) in [5.41, 5.74) is 0.0813. The summed E-state index contributed by atoms with van der Waals surface area (Å²) in [5.74, 6) is 0.671. The Balaban J connectivity index is 1.56. The molecular weight excluding hydrogens is 369 g/mol. The normalized spacial score (nSPS) is 48.0. The zero-order chi connectivity index (χ0) is 17.4. The van der Waals surface area contributed by atoms with Crippen molar-refractivity contribution in [2.45, 2.75) is 87.7 Å². The maximum absolute atomic E-state index is 12.0. The maximum atomic E-state index is 12.0. The van der Waals surface area contributed by atoms with Crippen LogP contribution in [0.5, 0.6) is 0 Å². The third-order valence-corrected chi connectivity index (χ3v) is 11.3. The molecule has 5 atom stereocenters. The molecule has 2 aliphatic carbocycles. The zero-order valence-corrected chi connectivity index (χ0v) is 17.3. The molecule has 2 unspecified atom stereocenters. The van der Waals surface area contributed by atoms with Crippen molar-refractivity contribution in [3.63, 3.8) is 0 Å². The molecule has 2 saturated carbocycles. The first kappa shape index (κ1) is 17.2. The van der Waals surface area contributed by atoms with Crippen LogP contribution in [0, 0.1) is 16.7 Å².